The Hall–Kier alpha value is -1.09. The van der Waals surface area contributed by atoms with Crippen LogP contribution in [0, 0.1) is 5.92 Å². The van der Waals surface area contributed by atoms with Gasteiger partial charge in [-0.05, 0) is 49.7 Å². The molecule has 0 aliphatic carbocycles. The summed E-state index contributed by atoms with van der Waals surface area (Å²) in [5, 5.41) is 12.3. The van der Waals surface area contributed by atoms with Gasteiger partial charge in [-0.3, -0.25) is 9.80 Å². The molecule has 8 heteroatoms. The molecule has 2 fully saturated rings. The second-order valence-electron chi connectivity index (χ2n) is 7.22. The van der Waals surface area contributed by atoms with Gasteiger partial charge in [-0.15, -0.1) is 5.10 Å². The molecular formula is C16H30N6O2. The third-order valence-corrected chi connectivity index (χ3v) is 5.30. The highest BCUT2D eigenvalue weighted by Gasteiger charge is 2.30. The van der Waals surface area contributed by atoms with Gasteiger partial charge < -0.3 is 9.47 Å². The standard InChI is InChI=1S/C16H30N6O2/c1-20(10-14-8-15(23-3)11-21(14)2)12-16-17-18-19-22(16)9-13-4-6-24-7-5-13/h13-15H,4-12H2,1-3H3/t14-,15-/m0/s1. The number of methoxy groups -OCH3 is 1. The summed E-state index contributed by atoms with van der Waals surface area (Å²) in [6, 6.07) is 0.528. The molecule has 2 aliphatic rings. The van der Waals surface area contributed by atoms with E-state index in [1.165, 1.54) is 0 Å². The zero-order chi connectivity index (χ0) is 16.9. The van der Waals surface area contributed by atoms with Crippen molar-refractivity contribution in [1.29, 1.82) is 0 Å². The van der Waals surface area contributed by atoms with E-state index in [9.17, 15) is 0 Å². The number of tetrazole rings is 1. The zero-order valence-electron chi connectivity index (χ0n) is 15.1. The largest absolute Gasteiger partial charge is 0.381 e. The first-order valence-electron chi connectivity index (χ1n) is 8.90. The lowest BCUT2D eigenvalue weighted by molar-refractivity contribution is 0.0594. The number of likely N-dealkylation sites (N-methyl/N-ethyl adjacent to an activating group) is 2. The van der Waals surface area contributed by atoms with Crippen molar-refractivity contribution in [2.24, 2.45) is 5.92 Å². The second kappa shape index (κ2) is 8.33. The van der Waals surface area contributed by atoms with Crippen LogP contribution in [0.1, 0.15) is 25.1 Å². The lowest BCUT2D eigenvalue weighted by atomic mass is 10.0. The molecule has 0 amide bonds. The molecular weight excluding hydrogens is 308 g/mol. The molecule has 3 heterocycles. The maximum Gasteiger partial charge on any atom is 0.165 e. The first-order valence-corrected chi connectivity index (χ1v) is 8.90. The molecule has 0 saturated carbocycles. The quantitative estimate of drug-likeness (QED) is 0.706. The first-order chi connectivity index (χ1) is 11.7. The van der Waals surface area contributed by atoms with E-state index in [-0.39, 0.29) is 0 Å². The lowest BCUT2D eigenvalue weighted by Crippen LogP contribution is -2.37. The Bertz CT molecular complexity index is 505. The van der Waals surface area contributed by atoms with Gasteiger partial charge in [-0.1, -0.05) is 0 Å². The van der Waals surface area contributed by atoms with Gasteiger partial charge in [0.15, 0.2) is 5.82 Å². The highest BCUT2D eigenvalue weighted by molar-refractivity contribution is 4.88. The monoisotopic (exact) mass is 338 g/mol. The predicted molar refractivity (Wildman–Crippen MR) is 89.5 cm³/mol. The van der Waals surface area contributed by atoms with E-state index in [0.29, 0.717) is 18.1 Å². The van der Waals surface area contributed by atoms with Gasteiger partial charge in [0.2, 0.25) is 0 Å². The van der Waals surface area contributed by atoms with Crippen LogP contribution in [0.5, 0.6) is 0 Å². The lowest BCUT2D eigenvalue weighted by Gasteiger charge is -2.25. The summed E-state index contributed by atoms with van der Waals surface area (Å²) in [4.78, 5) is 4.70. The van der Waals surface area contributed by atoms with Crippen molar-refractivity contribution in [3.05, 3.63) is 5.82 Å². The van der Waals surface area contributed by atoms with Gasteiger partial charge in [-0.25, -0.2) is 4.68 Å². The number of aromatic nitrogens is 4. The van der Waals surface area contributed by atoms with Gasteiger partial charge in [0.05, 0.1) is 12.6 Å². The fourth-order valence-corrected chi connectivity index (χ4v) is 3.73. The number of ether oxygens (including phenoxy) is 2. The van der Waals surface area contributed by atoms with Crippen molar-refractivity contribution in [3.63, 3.8) is 0 Å². The molecule has 1 aromatic heterocycles. The summed E-state index contributed by atoms with van der Waals surface area (Å²) < 4.78 is 12.9. The van der Waals surface area contributed by atoms with Crippen LogP contribution in [0.4, 0.5) is 0 Å². The molecule has 2 atom stereocenters. The Morgan fingerprint density at radius 1 is 1.33 bits per heavy atom. The summed E-state index contributed by atoms with van der Waals surface area (Å²) in [5.74, 6) is 1.57. The van der Waals surface area contributed by atoms with E-state index in [0.717, 1.165) is 64.5 Å². The van der Waals surface area contributed by atoms with Gasteiger partial charge in [-0.2, -0.15) is 0 Å². The van der Waals surface area contributed by atoms with Crippen molar-refractivity contribution >= 4 is 0 Å². The number of rotatable bonds is 7. The van der Waals surface area contributed by atoms with E-state index in [1.807, 2.05) is 4.68 Å². The third-order valence-electron chi connectivity index (χ3n) is 5.30. The molecule has 0 N–H and O–H groups in total. The van der Waals surface area contributed by atoms with E-state index < -0.39 is 0 Å². The molecule has 24 heavy (non-hydrogen) atoms. The Morgan fingerprint density at radius 3 is 2.83 bits per heavy atom. The molecule has 3 rings (SSSR count). The minimum absolute atomic E-state index is 0.354. The van der Waals surface area contributed by atoms with Gasteiger partial charge in [0.25, 0.3) is 0 Å². The maximum atomic E-state index is 5.50. The van der Waals surface area contributed by atoms with Gasteiger partial charge in [0.1, 0.15) is 0 Å². The Balaban J connectivity index is 1.51. The number of likely N-dealkylation sites (tertiary alicyclic amines) is 1. The van der Waals surface area contributed by atoms with Gasteiger partial charge >= 0.3 is 0 Å². The Labute approximate surface area is 144 Å². The van der Waals surface area contributed by atoms with Crippen molar-refractivity contribution in [3.8, 4) is 0 Å². The SMILES string of the molecule is CO[C@H]1C[C@@H](CN(C)Cc2nnnn2CC2CCOCC2)N(C)C1. The molecule has 2 saturated heterocycles. The fourth-order valence-electron chi connectivity index (χ4n) is 3.73. The van der Waals surface area contributed by atoms with Gasteiger partial charge in [0, 0.05) is 46.0 Å². The molecule has 0 aromatic carbocycles. The van der Waals surface area contributed by atoms with Crippen LogP contribution >= 0.6 is 0 Å². The van der Waals surface area contributed by atoms with Crippen LogP contribution in [-0.2, 0) is 22.6 Å². The summed E-state index contributed by atoms with van der Waals surface area (Å²) in [5.41, 5.74) is 0. The predicted octanol–water partition coefficient (Wildman–Crippen LogP) is 0.251. The van der Waals surface area contributed by atoms with E-state index in [2.05, 4.69) is 39.4 Å². The molecule has 136 valence electrons. The Morgan fingerprint density at radius 2 is 2.12 bits per heavy atom. The maximum absolute atomic E-state index is 5.50. The molecule has 0 bridgehead atoms. The average molecular weight is 338 g/mol. The van der Waals surface area contributed by atoms with E-state index >= 15 is 0 Å². The minimum atomic E-state index is 0.354. The van der Waals surface area contributed by atoms with Crippen molar-refractivity contribution < 1.29 is 9.47 Å². The zero-order valence-corrected chi connectivity index (χ0v) is 15.1. The van der Waals surface area contributed by atoms with Crippen LogP contribution < -0.4 is 0 Å². The number of hydrogen-bond donors (Lipinski definition) is 0. The van der Waals surface area contributed by atoms with E-state index in [1.54, 1.807) is 7.11 Å². The van der Waals surface area contributed by atoms with Crippen LogP contribution in [-0.4, -0.2) is 89.7 Å². The molecule has 0 unspecified atom stereocenters. The van der Waals surface area contributed by atoms with Crippen molar-refractivity contribution in [2.75, 3.05) is 47.5 Å². The molecule has 1 aromatic rings. The topological polar surface area (TPSA) is 68.5 Å². The van der Waals surface area contributed by atoms with Crippen LogP contribution in [0.2, 0.25) is 0 Å². The minimum Gasteiger partial charge on any atom is -0.381 e. The summed E-state index contributed by atoms with van der Waals surface area (Å²) in [6.07, 6.45) is 3.64. The van der Waals surface area contributed by atoms with Crippen LogP contribution in [0.25, 0.3) is 0 Å². The second-order valence-corrected chi connectivity index (χ2v) is 7.22. The molecule has 2 aliphatic heterocycles. The number of hydrogen-bond acceptors (Lipinski definition) is 7. The summed E-state index contributed by atoms with van der Waals surface area (Å²) in [6.45, 7) is 5.40. The fraction of sp³-hybridized carbons (Fsp3) is 0.938. The molecule has 8 nitrogen and oxygen atoms in total. The van der Waals surface area contributed by atoms with Crippen molar-refractivity contribution in [1.82, 2.24) is 30.0 Å². The van der Waals surface area contributed by atoms with Crippen molar-refractivity contribution in [2.45, 2.75) is 44.5 Å². The molecule has 0 radical (unpaired) electrons. The van der Waals surface area contributed by atoms with E-state index in [4.69, 9.17) is 9.47 Å². The third kappa shape index (κ3) is 4.50. The summed E-state index contributed by atoms with van der Waals surface area (Å²) in [7, 11) is 6.11. The van der Waals surface area contributed by atoms with Crippen LogP contribution in [0.15, 0.2) is 0 Å². The van der Waals surface area contributed by atoms with Crippen LogP contribution in [0.3, 0.4) is 0 Å². The average Bonchev–Trinajstić information content (AvgIpc) is 3.15. The molecule has 0 spiro atoms. The summed E-state index contributed by atoms with van der Waals surface area (Å²) >= 11 is 0. The first kappa shape index (κ1) is 17.7. The number of nitrogens with zero attached hydrogens (tertiary/aromatic N) is 6. The smallest absolute Gasteiger partial charge is 0.165 e. The highest BCUT2D eigenvalue weighted by atomic mass is 16.5. The normalized spacial score (nSPS) is 26.5. The Kier molecular flexibility index (Phi) is 6.15. The highest BCUT2D eigenvalue weighted by Crippen LogP contribution is 2.20.